The highest BCUT2D eigenvalue weighted by Gasteiger charge is 2.40. The summed E-state index contributed by atoms with van der Waals surface area (Å²) in [6.07, 6.45) is 6.35. The van der Waals surface area contributed by atoms with E-state index in [1.807, 2.05) is 24.1 Å². The Morgan fingerprint density at radius 3 is 2.73 bits per heavy atom. The van der Waals surface area contributed by atoms with E-state index in [1.165, 1.54) is 27.6 Å². The zero-order valence-electron chi connectivity index (χ0n) is 17.8. The predicted octanol–water partition coefficient (Wildman–Crippen LogP) is 5.31. The fraction of sp³-hybridized carbons (Fsp3) is 0.385. The van der Waals surface area contributed by atoms with Crippen molar-refractivity contribution in [1.82, 2.24) is 9.88 Å². The van der Waals surface area contributed by atoms with Crippen molar-refractivity contribution in [2.75, 3.05) is 13.1 Å². The summed E-state index contributed by atoms with van der Waals surface area (Å²) >= 11 is 0. The maximum Gasteiger partial charge on any atom is 0.222 e. The first kappa shape index (κ1) is 19.1. The van der Waals surface area contributed by atoms with E-state index < -0.39 is 0 Å². The number of hydrogen-bond acceptors (Lipinski definition) is 3. The second kappa shape index (κ2) is 7.42. The first-order valence-corrected chi connectivity index (χ1v) is 11.0. The zero-order chi connectivity index (χ0) is 20.7. The van der Waals surface area contributed by atoms with Gasteiger partial charge >= 0.3 is 0 Å². The molecular formula is C26H28N2O2. The van der Waals surface area contributed by atoms with Gasteiger partial charge < -0.3 is 9.64 Å². The molecule has 2 aliphatic heterocycles. The van der Waals surface area contributed by atoms with E-state index in [-0.39, 0.29) is 11.5 Å². The fourth-order valence-electron chi connectivity index (χ4n) is 4.98. The third kappa shape index (κ3) is 3.34. The maximum absolute atomic E-state index is 12.0. The highest BCUT2D eigenvalue weighted by atomic mass is 16.5. The lowest BCUT2D eigenvalue weighted by Gasteiger charge is -2.44. The first-order valence-electron chi connectivity index (χ1n) is 11.0. The van der Waals surface area contributed by atoms with Crippen molar-refractivity contribution in [3.8, 4) is 16.9 Å². The highest BCUT2D eigenvalue weighted by molar-refractivity contribution is 5.87. The van der Waals surface area contributed by atoms with Crippen LogP contribution in [0.25, 0.3) is 22.0 Å². The van der Waals surface area contributed by atoms with E-state index in [4.69, 9.17) is 4.74 Å². The molecule has 0 saturated carbocycles. The topological polar surface area (TPSA) is 42.4 Å². The maximum atomic E-state index is 12.0. The van der Waals surface area contributed by atoms with Crippen molar-refractivity contribution in [3.63, 3.8) is 0 Å². The second-order valence-electron chi connectivity index (χ2n) is 8.71. The van der Waals surface area contributed by atoms with Gasteiger partial charge in [-0.2, -0.15) is 0 Å². The van der Waals surface area contributed by atoms with Crippen molar-refractivity contribution in [2.24, 2.45) is 0 Å². The summed E-state index contributed by atoms with van der Waals surface area (Å²) in [5.41, 5.74) is 5.90. The van der Waals surface area contributed by atoms with E-state index in [0.717, 1.165) is 50.0 Å². The molecular weight excluding hydrogens is 372 g/mol. The Hall–Kier alpha value is -2.88. The smallest absolute Gasteiger partial charge is 0.222 e. The van der Waals surface area contributed by atoms with E-state index in [1.54, 1.807) is 0 Å². The van der Waals surface area contributed by atoms with Crippen LogP contribution in [-0.2, 0) is 11.2 Å². The Morgan fingerprint density at radius 2 is 1.93 bits per heavy atom. The van der Waals surface area contributed by atoms with Crippen LogP contribution in [0.4, 0.5) is 0 Å². The average molecular weight is 401 g/mol. The number of fused-ring (bicyclic) bond motifs is 2. The Balaban J connectivity index is 1.39. The van der Waals surface area contributed by atoms with Gasteiger partial charge in [0.15, 0.2) is 0 Å². The monoisotopic (exact) mass is 400 g/mol. The van der Waals surface area contributed by atoms with Gasteiger partial charge in [0.2, 0.25) is 5.91 Å². The van der Waals surface area contributed by atoms with E-state index in [2.05, 4.69) is 48.3 Å². The molecule has 2 aliphatic rings. The Bertz CT molecular complexity index is 1110. The molecule has 30 heavy (non-hydrogen) atoms. The number of pyridine rings is 1. The lowest BCUT2D eigenvalue weighted by molar-refractivity contribution is -0.134. The van der Waals surface area contributed by atoms with Crippen molar-refractivity contribution in [2.45, 2.75) is 51.6 Å². The number of nitrogens with zero attached hydrogens (tertiary/aromatic N) is 2. The fourth-order valence-corrected chi connectivity index (χ4v) is 4.98. The lowest BCUT2D eigenvalue weighted by Crippen LogP contribution is -2.51. The summed E-state index contributed by atoms with van der Waals surface area (Å²) in [6, 6.07) is 15.2. The number of carbonyl (C=O) groups excluding carboxylic acids is 1. The van der Waals surface area contributed by atoms with Gasteiger partial charge in [-0.1, -0.05) is 19.1 Å². The van der Waals surface area contributed by atoms with Crippen LogP contribution in [0.3, 0.4) is 0 Å². The zero-order valence-corrected chi connectivity index (χ0v) is 17.8. The number of aryl methyl sites for hydroxylation is 2. The molecule has 5 rings (SSSR count). The molecule has 3 heterocycles. The third-order valence-corrected chi connectivity index (χ3v) is 6.80. The quantitative estimate of drug-likeness (QED) is 0.586. The van der Waals surface area contributed by atoms with E-state index in [0.29, 0.717) is 6.42 Å². The van der Waals surface area contributed by atoms with Gasteiger partial charge in [0, 0.05) is 43.9 Å². The van der Waals surface area contributed by atoms with Gasteiger partial charge in [0.1, 0.15) is 11.4 Å². The van der Waals surface area contributed by atoms with E-state index >= 15 is 0 Å². The van der Waals surface area contributed by atoms with Crippen LogP contribution in [0.2, 0.25) is 0 Å². The molecule has 1 spiro atoms. The number of rotatable bonds is 2. The van der Waals surface area contributed by atoms with E-state index in [9.17, 15) is 4.79 Å². The number of benzene rings is 2. The largest absolute Gasteiger partial charge is 0.487 e. The van der Waals surface area contributed by atoms with Crippen LogP contribution in [0.5, 0.6) is 5.75 Å². The molecule has 0 bridgehead atoms. The standard InChI is InChI=1S/C26H28N2O2/c1-3-24(29)28-13-10-26(11-14-28)9-8-20-16-19(6-7-23(20)30-26)22-15-18(2)25-21(17-22)5-4-12-27-25/h4-7,12,15-17H,3,8-11,13-14H2,1-2H3. The lowest BCUT2D eigenvalue weighted by atomic mass is 9.82. The minimum Gasteiger partial charge on any atom is -0.487 e. The van der Waals surface area contributed by atoms with Gasteiger partial charge in [-0.05, 0) is 72.4 Å². The summed E-state index contributed by atoms with van der Waals surface area (Å²) in [5.74, 6) is 1.27. The van der Waals surface area contributed by atoms with Crippen LogP contribution in [-0.4, -0.2) is 34.5 Å². The normalized spacial score (nSPS) is 17.6. The van der Waals surface area contributed by atoms with Gasteiger partial charge in [0.25, 0.3) is 0 Å². The third-order valence-electron chi connectivity index (χ3n) is 6.80. The minimum atomic E-state index is -0.107. The summed E-state index contributed by atoms with van der Waals surface area (Å²) < 4.78 is 6.56. The molecule has 1 aromatic heterocycles. The van der Waals surface area contributed by atoms with Gasteiger partial charge in [-0.3, -0.25) is 9.78 Å². The van der Waals surface area contributed by atoms with Crippen LogP contribution in [0.15, 0.2) is 48.7 Å². The molecule has 154 valence electrons. The number of likely N-dealkylation sites (tertiary alicyclic amines) is 1. The van der Waals surface area contributed by atoms with Crippen LogP contribution >= 0.6 is 0 Å². The first-order chi connectivity index (χ1) is 14.6. The second-order valence-corrected chi connectivity index (χ2v) is 8.71. The van der Waals surface area contributed by atoms with Gasteiger partial charge in [0.05, 0.1) is 5.52 Å². The van der Waals surface area contributed by atoms with Crippen molar-refractivity contribution in [1.29, 1.82) is 0 Å². The molecule has 4 heteroatoms. The SMILES string of the molecule is CCC(=O)N1CCC2(CCc3cc(-c4cc(C)c5ncccc5c4)ccc3O2)CC1. The molecule has 0 aliphatic carbocycles. The number of amides is 1. The summed E-state index contributed by atoms with van der Waals surface area (Å²) in [5, 5.41) is 1.17. The Labute approximate surface area is 177 Å². The van der Waals surface area contributed by atoms with Crippen LogP contribution in [0, 0.1) is 6.92 Å². The van der Waals surface area contributed by atoms with Crippen molar-refractivity contribution in [3.05, 3.63) is 59.8 Å². The molecule has 2 aromatic carbocycles. The number of hydrogen-bond donors (Lipinski definition) is 0. The Morgan fingerprint density at radius 1 is 1.10 bits per heavy atom. The highest BCUT2D eigenvalue weighted by Crippen LogP contribution is 2.41. The van der Waals surface area contributed by atoms with Crippen LogP contribution in [0.1, 0.15) is 43.7 Å². The van der Waals surface area contributed by atoms with Crippen molar-refractivity contribution >= 4 is 16.8 Å². The molecule has 4 nitrogen and oxygen atoms in total. The number of piperidine rings is 1. The molecule has 3 aromatic rings. The van der Waals surface area contributed by atoms with Gasteiger partial charge in [-0.25, -0.2) is 0 Å². The molecule has 1 amide bonds. The summed E-state index contributed by atoms with van der Waals surface area (Å²) in [4.78, 5) is 18.5. The Kier molecular flexibility index (Phi) is 4.73. The summed E-state index contributed by atoms with van der Waals surface area (Å²) in [7, 11) is 0. The number of carbonyl (C=O) groups is 1. The predicted molar refractivity (Wildman–Crippen MR) is 120 cm³/mol. The summed E-state index contributed by atoms with van der Waals surface area (Å²) in [6.45, 7) is 5.68. The molecule has 0 atom stereocenters. The molecule has 0 unspecified atom stereocenters. The molecule has 0 radical (unpaired) electrons. The molecule has 1 fully saturated rings. The average Bonchev–Trinajstić information content (AvgIpc) is 2.79. The minimum absolute atomic E-state index is 0.107. The number of aromatic nitrogens is 1. The molecule has 1 saturated heterocycles. The molecule has 0 N–H and O–H groups in total. The van der Waals surface area contributed by atoms with Gasteiger partial charge in [-0.15, -0.1) is 0 Å². The number of ether oxygens (including phenoxy) is 1. The van der Waals surface area contributed by atoms with Crippen molar-refractivity contribution < 1.29 is 9.53 Å². The van der Waals surface area contributed by atoms with Crippen LogP contribution < -0.4 is 4.74 Å².